The SMILES string of the molecule is CCC(CC(=O)O)c1ccc(S(=O)(=O)F)cc1. The van der Waals surface area contributed by atoms with Gasteiger partial charge in [0.15, 0.2) is 0 Å². The average Bonchev–Trinajstić information content (AvgIpc) is 2.24. The van der Waals surface area contributed by atoms with Gasteiger partial charge in [-0.2, -0.15) is 8.42 Å². The van der Waals surface area contributed by atoms with Crippen LogP contribution in [0.4, 0.5) is 3.89 Å². The molecule has 4 nitrogen and oxygen atoms in total. The third-order valence-corrected chi connectivity index (χ3v) is 3.38. The Kier molecular flexibility index (Phi) is 4.22. The number of carboxylic acids is 1. The maximum Gasteiger partial charge on any atom is 0.332 e. The standard InChI is InChI=1S/C11H13FO4S/c1-2-8(7-11(13)14)9-3-5-10(6-4-9)17(12,15)16/h3-6,8H,2,7H2,1H3,(H,13,14). The number of carboxylic acid groups (broad SMARTS) is 1. The van der Waals surface area contributed by atoms with Crippen molar-refractivity contribution < 1.29 is 22.2 Å². The van der Waals surface area contributed by atoms with Gasteiger partial charge in [-0.1, -0.05) is 19.1 Å². The third-order valence-electron chi connectivity index (χ3n) is 2.55. The van der Waals surface area contributed by atoms with Gasteiger partial charge in [0.05, 0.1) is 11.3 Å². The van der Waals surface area contributed by atoms with Gasteiger partial charge in [-0.25, -0.2) is 0 Å². The maximum absolute atomic E-state index is 12.6. The number of hydrogen-bond acceptors (Lipinski definition) is 3. The molecule has 1 aromatic carbocycles. The number of rotatable bonds is 5. The summed E-state index contributed by atoms with van der Waals surface area (Å²) in [4.78, 5) is 10.2. The van der Waals surface area contributed by atoms with E-state index in [9.17, 15) is 17.1 Å². The molecule has 1 unspecified atom stereocenters. The highest BCUT2D eigenvalue weighted by molar-refractivity contribution is 7.86. The molecule has 1 rings (SSSR count). The topological polar surface area (TPSA) is 71.4 Å². The first-order chi connectivity index (χ1) is 7.84. The number of benzene rings is 1. The van der Waals surface area contributed by atoms with E-state index in [2.05, 4.69) is 0 Å². The molecule has 0 amide bonds. The summed E-state index contributed by atoms with van der Waals surface area (Å²) in [5.74, 6) is -1.11. The van der Waals surface area contributed by atoms with E-state index in [0.29, 0.717) is 12.0 Å². The van der Waals surface area contributed by atoms with Gasteiger partial charge in [-0.15, -0.1) is 3.89 Å². The Morgan fingerprint density at radius 3 is 2.24 bits per heavy atom. The van der Waals surface area contributed by atoms with E-state index in [1.165, 1.54) is 12.1 Å². The molecule has 0 aliphatic carbocycles. The van der Waals surface area contributed by atoms with Crippen LogP contribution >= 0.6 is 0 Å². The molecule has 1 N–H and O–H groups in total. The van der Waals surface area contributed by atoms with Crippen molar-refractivity contribution in [2.75, 3.05) is 0 Å². The van der Waals surface area contributed by atoms with Crippen LogP contribution in [0.3, 0.4) is 0 Å². The molecule has 1 atom stereocenters. The summed E-state index contributed by atoms with van der Waals surface area (Å²) in [6, 6.07) is 5.19. The fourth-order valence-electron chi connectivity index (χ4n) is 1.61. The second-order valence-electron chi connectivity index (χ2n) is 3.71. The molecule has 94 valence electrons. The van der Waals surface area contributed by atoms with Crippen molar-refractivity contribution in [3.05, 3.63) is 29.8 Å². The van der Waals surface area contributed by atoms with Crippen LogP contribution in [0.5, 0.6) is 0 Å². The number of halogens is 1. The number of hydrogen-bond donors (Lipinski definition) is 1. The Bertz CT molecular complexity index is 493. The zero-order chi connectivity index (χ0) is 13.1. The van der Waals surface area contributed by atoms with Gasteiger partial charge in [0.2, 0.25) is 0 Å². The molecular weight excluding hydrogens is 247 g/mol. The minimum Gasteiger partial charge on any atom is -0.481 e. The van der Waals surface area contributed by atoms with Crippen molar-refractivity contribution in [1.82, 2.24) is 0 Å². The van der Waals surface area contributed by atoms with Crippen LogP contribution < -0.4 is 0 Å². The van der Waals surface area contributed by atoms with Crippen molar-refractivity contribution >= 4 is 16.2 Å². The molecular formula is C11H13FO4S. The normalized spacial score (nSPS) is 13.3. The second-order valence-corrected chi connectivity index (χ2v) is 5.06. The summed E-state index contributed by atoms with van der Waals surface area (Å²) in [5, 5.41) is 8.70. The summed E-state index contributed by atoms with van der Waals surface area (Å²) in [7, 11) is -4.69. The molecule has 1 aromatic rings. The van der Waals surface area contributed by atoms with Gasteiger partial charge >= 0.3 is 16.2 Å². The first-order valence-corrected chi connectivity index (χ1v) is 6.49. The van der Waals surface area contributed by atoms with Crippen LogP contribution in [0.2, 0.25) is 0 Å². The highest BCUT2D eigenvalue weighted by atomic mass is 32.3. The molecule has 17 heavy (non-hydrogen) atoms. The Hall–Kier alpha value is -1.43. The first kappa shape index (κ1) is 13.6. The van der Waals surface area contributed by atoms with Crippen molar-refractivity contribution in [2.24, 2.45) is 0 Å². The predicted molar refractivity (Wildman–Crippen MR) is 60.0 cm³/mol. The Morgan fingerprint density at radius 2 is 1.88 bits per heavy atom. The zero-order valence-electron chi connectivity index (χ0n) is 9.26. The molecule has 0 spiro atoms. The Balaban J connectivity index is 2.97. The minimum atomic E-state index is -4.69. The maximum atomic E-state index is 12.6. The smallest absolute Gasteiger partial charge is 0.332 e. The van der Waals surface area contributed by atoms with Crippen molar-refractivity contribution in [1.29, 1.82) is 0 Å². The van der Waals surface area contributed by atoms with Crippen LogP contribution in [0.25, 0.3) is 0 Å². The molecule has 0 aliphatic rings. The largest absolute Gasteiger partial charge is 0.481 e. The molecule has 0 aliphatic heterocycles. The quantitative estimate of drug-likeness (QED) is 0.825. The van der Waals surface area contributed by atoms with Gasteiger partial charge in [0.1, 0.15) is 0 Å². The van der Waals surface area contributed by atoms with Crippen LogP contribution in [-0.2, 0) is 15.0 Å². The van der Waals surface area contributed by atoms with Crippen molar-refractivity contribution in [2.45, 2.75) is 30.6 Å². The van der Waals surface area contributed by atoms with Crippen LogP contribution in [0.15, 0.2) is 29.2 Å². The lowest BCUT2D eigenvalue weighted by molar-refractivity contribution is -0.137. The van der Waals surface area contributed by atoms with E-state index < -0.39 is 21.1 Å². The van der Waals surface area contributed by atoms with Gasteiger partial charge < -0.3 is 5.11 Å². The summed E-state index contributed by atoms with van der Waals surface area (Å²) in [5.41, 5.74) is 0.697. The van der Waals surface area contributed by atoms with Gasteiger partial charge in [0.25, 0.3) is 0 Å². The van der Waals surface area contributed by atoms with E-state index in [4.69, 9.17) is 5.11 Å². The van der Waals surface area contributed by atoms with E-state index >= 15 is 0 Å². The second kappa shape index (κ2) is 5.27. The molecule has 0 heterocycles. The van der Waals surface area contributed by atoms with Crippen LogP contribution in [0.1, 0.15) is 31.2 Å². The Morgan fingerprint density at radius 1 is 1.35 bits per heavy atom. The highest BCUT2D eigenvalue weighted by Crippen LogP contribution is 2.24. The van der Waals surface area contributed by atoms with Crippen LogP contribution in [0, 0.1) is 0 Å². The van der Waals surface area contributed by atoms with Gasteiger partial charge in [-0.05, 0) is 30.0 Å². The summed E-state index contributed by atoms with van der Waals surface area (Å²) in [6.07, 6.45) is 0.590. The van der Waals surface area contributed by atoms with E-state index in [-0.39, 0.29) is 12.3 Å². The fourth-order valence-corrected chi connectivity index (χ4v) is 2.07. The van der Waals surface area contributed by atoms with E-state index in [1.807, 2.05) is 6.92 Å². The van der Waals surface area contributed by atoms with Crippen LogP contribution in [-0.4, -0.2) is 19.5 Å². The number of aliphatic carboxylic acids is 1. The van der Waals surface area contributed by atoms with E-state index in [1.54, 1.807) is 0 Å². The molecule has 0 saturated heterocycles. The summed E-state index contributed by atoms with van der Waals surface area (Å²) < 4.78 is 33.8. The first-order valence-electron chi connectivity index (χ1n) is 5.11. The lowest BCUT2D eigenvalue weighted by atomic mass is 9.93. The molecule has 0 aromatic heterocycles. The predicted octanol–water partition coefficient (Wildman–Crippen LogP) is 2.31. The third kappa shape index (κ3) is 3.81. The lowest BCUT2D eigenvalue weighted by Crippen LogP contribution is -2.05. The van der Waals surface area contributed by atoms with Gasteiger partial charge in [0, 0.05) is 0 Å². The highest BCUT2D eigenvalue weighted by Gasteiger charge is 2.16. The molecule has 0 fully saturated rings. The zero-order valence-corrected chi connectivity index (χ0v) is 10.1. The average molecular weight is 260 g/mol. The summed E-state index contributed by atoms with van der Waals surface area (Å²) >= 11 is 0. The number of carbonyl (C=O) groups is 1. The lowest BCUT2D eigenvalue weighted by Gasteiger charge is -2.12. The fraction of sp³-hybridized carbons (Fsp3) is 0.364. The molecule has 0 radical (unpaired) electrons. The molecule has 0 saturated carbocycles. The van der Waals surface area contributed by atoms with Crippen molar-refractivity contribution in [3.63, 3.8) is 0 Å². The molecule has 0 bridgehead atoms. The van der Waals surface area contributed by atoms with E-state index in [0.717, 1.165) is 12.1 Å². The monoisotopic (exact) mass is 260 g/mol. The molecule has 6 heteroatoms. The van der Waals surface area contributed by atoms with Crippen molar-refractivity contribution in [3.8, 4) is 0 Å². The Labute approximate surface area is 99.3 Å². The summed E-state index contributed by atoms with van der Waals surface area (Å²) in [6.45, 7) is 1.84. The van der Waals surface area contributed by atoms with Gasteiger partial charge in [-0.3, -0.25) is 4.79 Å². The minimum absolute atomic E-state index is 0.0295.